The molecular weight excluding hydrogens is 250 g/mol. The van der Waals surface area contributed by atoms with Crippen LogP contribution in [0.15, 0.2) is 11.1 Å². The molecule has 1 aliphatic carbocycles. The Labute approximate surface area is 99.2 Å². The van der Waals surface area contributed by atoms with Crippen LogP contribution in [0.2, 0.25) is 0 Å². The summed E-state index contributed by atoms with van der Waals surface area (Å²) in [6.07, 6.45) is 6.86. The van der Waals surface area contributed by atoms with Crippen LogP contribution in [-0.2, 0) is 0 Å². The molecule has 0 N–H and O–H groups in total. The van der Waals surface area contributed by atoms with Crippen molar-refractivity contribution in [2.75, 3.05) is 0 Å². The lowest BCUT2D eigenvalue weighted by molar-refractivity contribution is 0.463. The maximum Gasteiger partial charge on any atom is 0.193 e. The lowest BCUT2D eigenvalue weighted by atomic mass is 9.96. The van der Waals surface area contributed by atoms with Gasteiger partial charge in [0, 0.05) is 11.0 Å². The smallest absolute Gasteiger partial charge is 0.0895 e. The normalized spacial score (nSPS) is 26.2. The van der Waals surface area contributed by atoms with Crippen LogP contribution in [0.1, 0.15) is 32.1 Å². The molecule has 0 heterocycles. The molecule has 0 saturated heterocycles. The third kappa shape index (κ3) is 4.29. The minimum absolute atomic E-state index is 0.103. The van der Waals surface area contributed by atoms with Crippen LogP contribution in [0.3, 0.4) is 0 Å². The van der Waals surface area contributed by atoms with E-state index in [-0.39, 0.29) is 5.92 Å². The van der Waals surface area contributed by atoms with Gasteiger partial charge in [-0.05, 0) is 25.7 Å². The second-order valence-electron chi connectivity index (χ2n) is 3.37. The van der Waals surface area contributed by atoms with E-state index < -0.39 is 3.79 Å². The van der Waals surface area contributed by atoms with Crippen molar-refractivity contribution >= 4 is 46.4 Å². The van der Waals surface area contributed by atoms with Gasteiger partial charge in [-0.15, -0.1) is 0 Å². The molecule has 0 radical (unpaired) electrons. The van der Waals surface area contributed by atoms with Gasteiger partial charge >= 0.3 is 0 Å². The minimum atomic E-state index is -1.15. The molecule has 1 atom stereocenters. The standard InChI is InChI=1S/C9H12Cl4/c10-8-4-2-1-3-7(5-6-8)9(11,12)13/h6-7H,1-5H2. The Kier molecular flexibility index (Phi) is 4.71. The first-order chi connectivity index (χ1) is 6.00. The highest BCUT2D eigenvalue weighted by Gasteiger charge is 2.31. The van der Waals surface area contributed by atoms with Crippen molar-refractivity contribution in [2.24, 2.45) is 5.92 Å². The van der Waals surface area contributed by atoms with Crippen molar-refractivity contribution < 1.29 is 0 Å². The topological polar surface area (TPSA) is 0 Å². The molecule has 0 amide bonds. The first kappa shape index (κ1) is 12.0. The maximum absolute atomic E-state index is 5.94. The highest BCUT2D eigenvalue weighted by atomic mass is 35.6. The molecule has 0 aromatic carbocycles. The van der Waals surface area contributed by atoms with Gasteiger partial charge in [-0.1, -0.05) is 58.9 Å². The first-order valence-electron chi connectivity index (χ1n) is 4.41. The third-order valence-corrected chi connectivity index (χ3v) is 3.57. The first-order valence-corrected chi connectivity index (χ1v) is 5.92. The summed E-state index contributed by atoms with van der Waals surface area (Å²) >= 11 is 23.5. The molecular formula is C9H12Cl4. The fourth-order valence-corrected chi connectivity index (χ4v) is 2.29. The van der Waals surface area contributed by atoms with E-state index in [1.165, 1.54) is 0 Å². The number of hydrogen-bond acceptors (Lipinski definition) is 0. The molecule has 4 heteroatoms. The number of allylic oxidation sites excluding steroid dienone is 2. The summed E-state index contributed by atoms with van der Waals surface area (Å²) in [6.45, 7) is 0. The van der Waals surface area contributed by atoms with Gasteiger partial charge < -0.3 is 0 Å². The molecule has 0 spiro atoms. The molecule has 13 heavy (non-hydrogen) atoms. The lowest BCUT2D eigenvalue weighted by Gasteiger charge is -2.24. The van der Waals surface area contributed by atoms with Gasteiger partial charge in [0.2, 0.25) is 0 Å². The fraction of sp³-hybridized carbons (Fsp3) is 0.778. The average molecular weight is 262 g/mol. The van der Waals surface area contributed by atoms with Crippen LogP contribution < -0.4 is 0 Å². The van der Waals surface area contributed by atoms with E-state index in [0.717, 1.165) is 37.1 Å². The monoisotopic (exact) mass is 260 g/mol. The molecule has 0 fully saturated rings. The molecule has 0 saturated carbocycles. The zero-order valence-corrected chi connectivity index (χ0v) is 10.2. The summed E-state index contributed by atoms with van der Waals surface area (Å²) in [5, 5.41) is 0.902. The van der Waals surface area contributed by atoms with Crippen LogP contribution in [0.5, 0.6) is 0 Å². The largest absolute Gasteiger partial charge is 0.193 e. The van der Waals surface area contributed by atoms with Crippen LogP contribution in [0.4, 0.5) is 0 Å². The van der Waals surface area contributed by atoms with Crippen molar-refractivity contribution in [3.63, 3.8) is 0 Å². The number of alkyl halides is 3. The van der Waals surface area contributed by atoms with E-state index in [9.17, 15) is 0 Å². The highest BCUT2D eigenvalue weighted by Crippen LogP contribution is 2.41. The van der Waals surface area contributed by atoms with Gasteiger partial charge in [0.05, 0.1) is 0 Å². The van der Waals surface area contributed by atoms with Crippen molar-refractivity contribution in [1.29, 1.82) is 0 Å². The number of rotatable bonds is 0. The van der Waals surface area contributed by atoms with E-state index in [4.69, 9.17) is 46.4 Å². The van der Waals surface area contributed by atoms with Crippen molar-refractivity contribution in [2.45, 2.75) is 35.9 Å². The quantitative estimate of drug-likeness (QED) is 0.535. The summed E-state index contributed by atoms with van der Waals surface area (Å²) in [4.78, 5) is 0. The van der Waals surface area contributed by atoms with Crippen molar-refractivity contribution in [3.8, 4) is 0 Å². The Hall–Kier alpha value is 0.900. The molecule has 76 valence electrons. The van der Waals surface area contributed by atoms with E-state index >= 15 is 0 Å². The molecule has 0 aliphatic heterocycles. The third-order valence-electron chi connectivity index (χ3n) is 2.30. The Bertz CT molecular complexity index is 192. The van der Waals surface area contributed by atoms with E-state index in [1.54, 1.807) is 0 Å². The Morgan fingerprint density at radius 2 is 1.92 bits per heavy atom. The van der Waals surface area contributed by atoms with Gasteiger partial charge in [-0.2, -0.15) is 0 Å². The van der Waals surface area contributed by atoms with Crippen molar-refractivity contribution in [3.05, 3.63) is 11.1 Å². The second kappa shape index (κ2) is 5.11. The predicted octanol–water partition coefficient (Wildman–Crippen LogP) is 5.06. The van der Waals surface area contributed by atoms with Crippen molar-refractivity contribution in [1.82, 2.24) is 0 Å². The number of hydrogen-bond donors (Lipinski definition) is 0. The summed E-state index contributed by atoms with van der Waals surface area (Å²) in [5.41, 5.74) is 0. The molecule has 1 rings (SSSR count). The highest BCUT2D eigenvalue weighted by molar-refractivity contribution is 6.67. The molecule has 0 aromatic rings. The minimum Gasteiger partial charge on any atom is -0.0895 e. The van der Waals surface area contributed by atoms with E-state index in [1.807, 2.05) is 6.08 Å². The molecule has 1 aliphatic rings. The summed E-state index contributed by atoms with van der Waals surface area (Å²) < 4.78 is -1.15. The maximum atomic E-state index is 5.94. The van der Waals surface area contributed by atoms with Crippen LogP contribution >= 0.6 is 46.4 Å². The second-order valence-corrected chi connectivity index (χ2v) is 6.23. The molecule has 0 nitrogen and oxygen atoms in total. The van der Waals surface area contributed by atoms with Gasteiger partial charge in [-0.25, -0.2) is 0 Å². The van der Waals surface area contributed by atoms with Gasteiger partial charge in [-0.3, -0.25) is 0 Å². The SMILES string of the molecule is ClC1=CCC(C(Cl)(Cl)Cl)CCCC1. The van der Waals surface area contributed by atoms with Crippen LogP contribution in [0, 0.1) is 5.92 Å². The number of halogens is 4. The van der Waals surface area contributed by atoms with Gasteiger partial charge in [0.25, 0.3) is 0 Å². The zero-order valence-electron chi connectivity index (χ0n) is 7.20. The van der Waals surface area contributed by atoms with Crippen LogP contribution in [0.25, 0.3) is 0 Å². The molecule has 0 bridgehead atoms. The Morgan fingerprint density at radius 1 is 1.23 bits per heavy atom. The lowest BCUT2D eigenvalue weighted by Crippen LogP contribution is -2.19. The fourth-order valence-electron chi connectivity index (χ4n) is 1.47. The zero-order chi connectivity index (χ0) is 9.90. The van der Waals surface area contributed by atoms with Gasteiger partial charge in [0.15, 0.2) is 3.79 Å². The summed E-state index contributed by atoms with van der Waals surface area (Å²) in [7, 11) is 0. The van der Waals surface area contributed by atoms with E-state index in [0.29, 0.717) is 0 Å². The summed E-state index contributed by atoms with van der Waals surface area (Å²) in [5.74, 6) is 0.103. The molecule has 0 aromatic heterocycles. The Morgan fingerprint density at radius 3 is 2.54 bits per heavy atom. The van der Waals surface area contributed by atoms with E-state index in [2.05, 4.69) is 0 Å². The molecule has 1 unspecified atom stereocenters. The predicted molar refractivity (Wildman–Crippen MR) is 60.8 cm³/mol. The summed E-state index contributed by atoms with van der Waals surface area (Å²) in [6, 6.07) is 0. The van der Waals surface area contributed by atoms with Gasteiger partial charge in [0.1, 0.15) is 0 Å². The van der Waals surface area contributed by atoms with Crippen LogP contribution in [-0.4, -0.2) is 3.79 Å². The average Bonchev–Trinajstić information content (AvgIpc) is 1.94. The Balaban J connectivity index is 2.60.